The van der Waals surface area contributed by atoms with Crippen molar-refractivity contribution in [3.8, 4) is 0 Å². The van der Waals surface area contributed by atoms with Gasteiger partial charge >= 0.3 is 0 Å². The number of aromatic nitrogens is 2. The summed E-state index contributed by atoms with van der Waals surface area (Å²) < 4.78 is 5.03. The lowest BCUT2D eigenvalue weighted by molar-refractivity contribution is -0.144. The quantitative estimate of drug-likeness (QED) is 0.796. The van der Waals surface area contributed by atoms with E-state index in [1.54, 1.807) is 19.5 Å². The van der Waals surface area contributed by atoms with Crippen molar-refractivity contribution in [3.63, 3.8) is 0 Å². The molecule has 142 valence electrons. The summed E-state index contributed by atoms with van der Waals surface area (Å²) >= 11 is 0. The van der Waals surface area contributed by atoms with E-state index in [0.717, 1.165) is 43.7 Å². The highest BCUT2D eigenvalue weighted by Crippen LogP contribution is 2.39. The molecule has 0 aliphatic carbocycles. The van der Waals surface area contributed by atoms with Crippen molar-refractivity contribution < 1.29 is 14.3 Å². The number of carbonyl (C=O) groups excluding carboxylic acids is 2. The summed E-state index contributed by atoms with van der Waals surface area (Å²) in [6.45, 7) is 5.08. The van der Waals surface area contributed by atoms with Crippen molar-refractivity contribution in [2.75, 3.05) is 33.4 Å². The van der Waals surface area contributed by atoms with Crippen LogP contribution in [0.25, 0.3) is 0 Å². The van der Waals surface area contributed by atoms with Crippen LogP contribution in [0.4, 0.5) is 0 Å². The zero-order chi connectivity index (χ0) is 18.6. The Morgan fingerprint density at radius 2 is 2.12 bits per heavy atom. The van der Waals surface area contributed by atoms with Gasteiger partial charge in [-0.25, -0.2) is 0 Å². The number of rotatable bonds is 5. The summed E-state index contributed by atoms with van der Waals surface area (Å²) in [7, 11) is 1.61. The number of methoxy groups -OCH3 is 1. The van der Waals surface area contributed by atoms with E-state index in [1.165, 1.54) is 0 Å². The first-order chi connectivity index (χ1) is 12.5. The van der Waals surface area contributed by atoms with Gasteiger partial charge in [0.15, 0.2) is 0 Å². The van der Waals surface area contributed by atoms with E-state index in [0.29, 0.717) is 32.5 Å². The van der Waals surface area contributed by atoms with Crippen LogP contribution in [0.2, 0.25) is 0 Å². The van der Waals surface area contributed by atoms with Crippen LogP contribution in [0.15, 0.2) is 12.4 Å². The second-order valence-corrected chi connectivity index (χ2v) is 7.56. The maximum atomic E-state index is 12.4. The zero-order valence-corrected chi connectivity index (χ0v) is 15.7. The number of amides is 2. The van der Waals surface area contributed by atoms with Crippen molar-refractivity contribution in [3.05, 3.63) is 23.8 Å². The fourth-order valence-corrected chi connectivity index (χ4v) is 4.04. The number of ether oxygens (including phenoxy) is 1. The highest BCUT2D eigenvalue weighted by Gasteiger charge is 2.42. The number of hydrogen-bond acceptors (Lipinski definition) is 5. The molecule has 2 fully saturated rings. The SMILES string of the molecule is COCCC(=O)N1CCCC2(CCC(=O)N(Cc3cnc(C)cn3)C2)C1. The number of carbonyl (C=O) groups is 2. The van der Waals surface area contributed by atoms with Crippen molar-refractivity contribution in [1.29, 1.82) is 0 Å². The molecule has 1 aromatic heterocycles. The average Bonchev–Trinajstić information content (AvgIpc) is 2.65. The standard InChI is InChI=1S/C19H28N4O3/c1-15-10-21-16(11-20-15)12-23-14-19(7-4-17(23)24)6-3-8-22(13-19)18(25)5-9-26-2/h10-11H,3-9,12-14H2,1-2H3. The summed E-state index contributed by atoms with van der Waals surface area (Å²) in [5.41, 5.74) is 1.69. The second-order valence-electron chi connectivity index (χ2n) is 7.56. The van der Waals surface area contributed by atoms with Crippen molar-refractivity contribution in [2.45, 2.75) is 45.6 Å². The number of aryl methyl sites for hydroxylation is 1. The minimum Gasteiger partial charge on any atom is -0.384 e. The van der Waals surface area contributed by atoms with Gasteiger partial charge in [-0.05, 0) is 26.2 Å². The van der Waals surface area contributed by atoms with E-state index < -0.39 is 0 Å². The van der Waals surface area contributed by atoms with Gasteiger partial charge in [-0.1, -0.05) is 0 Å². The maximum Gasteiger partial charge on any atom is 0.224 e. The lowest BCUT2D eigenvalue weighted by Gasteiger charge is -2.48. The monoisotopic (exact) mass is 360 g/mol. The third-order valence-corrected chi connectivity index (χ3v) is 5.47. The molecule has 0 N–H and O–H groups in total. The molecule has 1 atom stereocenters. The van der Waals surface area contributed by atoms with Gasteiger partial charge in [-0.2, -0.15) is 0 Å². The van der Waals surface area contributed by atoms with Crippen molar-refractivity contribution >= 4 is 11.8 Å². The molecular formula is C19H28N4O3. The van der Waals surface area contributed by atoms with Gasteiger partial charge in [-0.3, -0.25) is 19.6 Å². The largest absolute Gasteiger partial charge is 0.384 e. The van der Waals surface area contributed by atoms with Gasteiger partial charge in [0.2, 0.25) is 11.8 Å². The molecule has 3 rings (SSSR count). The Hall–Kier alpha value is -2.02. The molecule has 1 aromatic rings. The van der Waals surface area contributed by atoms with Crippen LogP contribution >= 0.6 is 0 Å². The zero-order valence-electron chi connectivity index (χ0n) is 15.7. The molecule has 0 bridgehead atoms. The lowest BCUT2D eigenvalue weighted by Crippen LogP contribution is -2.55. The van der Waals surface area contributed by atoms with Gasteiger partial charge in [0, 0.05) is 44.8 Å². The minimum absolute atomic E-state index is 0.00696. The topological polar surface area (TPSA) is 75.6 Å². The molecule has 26 heavy (non-hydrogen) atoms. The first-order valence-corrected chi connectivity index (χ1v) is 9.33. The second kappa shape index (κ2) is 8.12. The van der Waals surface area contributed by atoms with Gasteiger partial charge < -0.3 is 14.5 Å². The van der Waals surface area contributed by atoms with Crippen LogP contribution in [0.1, 0.15) is 43.5 Å². The molecule has 2 aliphatic rings. The van der Waals surface area contributed by atoms with E-state index in [-0.39, 0.29) is 17.2 Å². The fraction of sp³-hybridized carbons (Fsp3) is 0.684. The fourth-order valence-electron chi connectivity index (χ4n) is 4.04. The molecule has 2 aliphatic heterocycles. The molecule has 3 heterocycles. The molecule has 2 amide bonds. The van der Waals surface area contributed by atoms with Crippen LogP contribution < -0.4 is 0 Å². The Labute approximate surface area is 154 Å². The number of nitrogens with zero attached hydrogens (tertiary/aromatic N) is 4. The summed E-state index contributed by atoms with van der Waals surface area (Å²) in [5, 5.41) is 0. The van der Waals surface area contributed by atoms with Gasteiger partial charge in [0.1, 0.15) is 0 Å². The van der Waals surface area contributed by atoms with E-state index in [1.807, 2.05) is 16.7 Å². The predicted octanol–water partition coefficient (Wildman–Crippen LogP) is 1.55. The molecule has 7 heteroatoms. The molecule has 1 spiro atoms. The highest BCUT2D eigenvalue weighted by atomic mass is 16.5. The van der Waals surface area contributed by atoms with Gasteiger partial charge in [-0.15, -0.1) is 0 Å². The van der Waals surface area contributed by atoms with Crippen LogP contribution in [0.5, 0.6) is 0 Å². The summed E-state index contributed by atoms with van der Waals surface area (Å²) in [5.74, 6) is 0.319. The molecule has 7 nitrogen and oxygen atoms in total. The Bertz CT molecular complexity index is 649. The number of piperidine rings is 2. The number of likely N-dealkylation sites (tertiary alicyclic amines) is 2. The van der Waals surface area contributed by atoms with Crippen LogP contribution in [0, 0.1) is 12.3 Å². The molecule has 0 radical (unpaired) electrons. The first-order valence-electron chi connectivity index (χ1n) is 9.33. The Kier molecular flexibility index (Phi) is 5.86. The van der Waals surface area contributed by atoms with Crippen molar-refractivity contribution in [1.82, 2.24) is 19.8 Å². The third kappa shape index (κ3) is 4.38. The van der Waals surface area contributed by atoms with E-state index in [2.05, 4.69) is 9.97 Å². The maximum absolute atomic E-state index is 12.4. The van der Waals surface area contributed by atoms with Gasteiger partial charge in [0.05, 0.1) is 37.2 Å². The molecule has 0 saturated carbocycles. The Morgan fingerprint density at radius 1 is 1.27 bits per heavy atom. The highest BCUT2D eigenvalue weighted by molar-refractivity contribution is 5.78. The number of hydrogen-bond donors (Lipinski definition) is 0. The van der Waals surface area contributed by atoms with Crippen molar-refractivity contribution in [2.24, 2.45) is 5.41 Å². The Morgan fingerprint density at radius 3 is 2.85 bits per heavy atom. The molecule has 2 saturated heterocycles. The van der Waals surface area contributed by atoms with Crippen LogP contribution in [-0.2, 0) is 20.9 Å². The molecule has 1 unspecified atom stereocenters. The summed E-state index contributed by atoms with van der Waals surface area (Å²) in [6.07, 6.45) is 7.35. The van der Waals surface area contributed by atoms with E-state index in [9.17, 15) is 9.59 Å². The van der Waals surface area contributed by atoms with Crippen LogP contribution in [-0.4, -0.2) is 64.9 Å². The first kappa shape index (κ1) is 18.8. The van der Waals surface area contributed by atoms with Crippen LogP contribution in [0.3, 0.4) is 0 Å². The summed E-state index contributed by atoms with van der Waals surface area (Å²) in [6, 6.07) is 0. The molecular weight excluding hydrogens is 332 g/mol. The third-order valence-electron chi connectivity index (χ3n) is 5.47. The molecule has 0 aromatic carbocycles. The Balaban J connectivity index is 1.66. The lowest BCUT2D eigenvalue weighted by atomic mass is 9.73. The van der Waals surface area contributed by atoms with E-state index >= 15 is 0 Å². The minimum atomic E-state index is 0.00696. The normalized spacial score (nSPS) is 23.5. The average molecular weight is 360 g/mol. The smallest absolute Gasteiger partial charge is 0.224 e. The van der Waals surface area contributed by atoms with Gasteiger partial charge in [0.25, 0.3) is 0 Å². The predicted molar refractivity (Wildman–Crippen MR) is 96.2 cm³/mol. The summed E-state index contributed by atoms with van der Waals surface area (Å²) in [4.78, 5) is 37.3. The van der Waals surface area contributed by atoms with E-state index in [4.69, 9.17) is 4.74 Å².